The Labute approximate surface area is 113 Å². The van der Waals surface area contributed by atoms with Crippen molar-refractivity contribution in [2.75, 3.05) is 46.2 Å². The van der Waals surface area contributed by atoms with Crippen molar-refractivity contribution in [1.82, 2.24) is 14.8 Å². The van der Waals surface area contributed by atoms with Crippen molar-refractivity contribution < 1.29 is 4.79 Å². The quantitative estimate of drug-likeness (QED) is 0.783. The van der Waals surface area contributed by atoms with E-state index in [0.29, 0.717) is 11.7 Å². The van der Waals surface area contributed by atoms with Gasteiger partial charge in [-0.1, -0.05) is 11.6 Å². The number of urea groups is 1. The van der Waals surface area contributed by atoms with Crippen LogP contribution in [-0.2, 0) is 0 Å². The topological polar surface area (TPSA) is 39.7 Å². The normalized spacial score (nSPS) is 10.6. The van der Waals surface area contributed by atoms with Crippen LogP contribution in [0.5, 0.6) is 0 Å². The van der Waals surface area contributed by atoms with Gasteiger partial charge in [-0.2, -0.15) is 0 Å². The number of amides is 2. The van der Waals surface area contributed by atoms with Crippen molar-refractivity contribution in [3.63, 3.8) is 0 Å². The van der Waals surface area contributed by atoms with Crippen molar-refractivity contribution in [3.05, 3.63) is 23.5 Å². The van der Waals surface area contributed by atoms with Crippen molar-refractivity contribution in [1.29, 1.82) is 0 Å². The highest BCUT2D eigenvalue weighted by Gasteiger charge is 2.17. The molecule has 18 heavy (non-hydrogen) atoms. The third-order valence-corrected chi connectivity index (χ3v) is 2.61. The fourth-order valence-corrected chi connectivity index (χ4v) is 1.60. The zero-order valence-electron chi connectivity index (χ0n) is 11.2. The molecule has 5 nitrogen and oxygen atoms in total. The first kappa shape index (κ1) is 14.7. The molecule has 0 atom stereocenters. The standard InChI is InChI=1S/C12H19ClN4O/c1-15(2)7-8-17(12(18)16(3)4)10-5-6-14-11(13)9-10/h5-6,9H,7-8H2,1-4H3. The third kappa shape index (κ3) is 4.16. The van der Waals surface area contributed by atoms with Crippen LogP contribution in [0.1, 0.15) is 0 Å². The zero-order valence-corrected chi connectivity index (χ0v) is 12.0. The number of pyridine rings is 1. The Bertz CT molecular complexity index is 409. The van der Waals surface area contributed by atoms with Gasteiger partial charge in [0.1, 0.15) is 5.15 Å². The number of nitrogens with zero attached hydrogens (tertiary/aromatic N) is 4. The highest BCUT2D eigenvalue weighted by Crippen LogP contribution is 2.18. The first-order chi connectivity index (χ1) is 8.41. The van der Waals surface area contributed by atoms with E-state index in [4.69, 9.17) is 11.6 Å². The Hall–Kier alpha value is -1.33. The number of halogens is 1. The molecule has 100 valence electrons. The van der Waals surface area contributed by atoms with E-state index in [0.717, 1.165) is 12.2 Å². The maximum atomic E-state index is 12.1. The molecule has 0 N–H and O–H groups in total. The molecule has 1 aromatic heterocycles. The molecule has 0 radical (unpaired) electrons. The van der Waals surface area contributed by atoms with Gasteiger partial charge in [-0.15, -0.1) is 0 Å². The van der Waals surface area contributed by atoms with Gasteiger partial charge in [0.15, 0.2) is 0 Å². The molecule has 1 heterocycles. The molecule has 0 spiro atoms. The largest absolute Gasteiger partial charge is 0.330 e. The third-order valence-electron chi connectivity index (χ3n) is 2.41. The fraction of sp³-hybridized carbons (Fsp3) is 0.500. The van der Waals surface area contributed by atoms with Crippen molar-refractivity contribution >= 4 is 23.3 Å². The van der Waals surface area contributed by atoms with E-state index in [1.54, 1.807) is 42.2 Å². The first-order valence-electron chi connectivity index (χ1n) is 5.67. The predicted molar refractivity (Wildman–Crippen MR) is 74.2 cm³/mol. The molecule has 1 rings (SSSR count). The number of aromatic nitrogens is 1. The zero-order chi connectivity index (χ0) is 13.7. The molecule has 6 heteroatoms. The van der Waals surface area contributed by atoms with E-state index in [1.165, 1.54) is 0 Å². The minimum absolute atomic E-state index is 0.0703. The van der Waals surface area contributed by atoms with E-state index < -0.39 is 0 Å². The van der Waals surface area contributed by atoms with E-state index >= 15 is 0 Å². The maximum absolute atomic E-state index is 12.1. The Kier molecular flexibility index (Phi) is 5.37. The lowest BCUT2D eigenvalue weighted by atomic mass is 10.3. The predicted octanol–water partition coefficient (Wildman–Crippen LogP) is 1.78. The number of carbonyl (C=O) groups is 1. The number of hydrogen-bond acceptors (Lipinski definition) is 3. The van der Waals surface area contributed by atoms with Gasteiger partial charge >= 0.3 is 6.03 Å². The Balaban J connectivity index is 2.93. The van der Waals surface area contributed by atoms with Crippen LogP contribution in [0.3, 0.4) is 0 Å². The van der Waals surface area contributed by atoms with Crippen molar-refractivity contribution in [2.45, 2.75) is 0 Å². The average Bonchev–Trinajstić information content (AvgIpc) is 2.28. The first-order valence-corrected chi connectivity index (χ1v) is 6.04. The molecule has 0 aromatic carbocycles. The lowest BCUT2D eigenvalue weighted by molar-refractivity contribution is 0.223. The van der Waals surface area contributed by atoms with Gasteiger partial charge in [0.2, 0.25) is 0 Å². The second-order valence-corrected chi connectivity index (χ2v) is 4.86. The molecule has 0 saturated carbocycles. The summed E-state index contributed by atoms with van der Waals surface area (Å²) in [6.07, 6.45) is 1.60. The summed E-state index contributed by atoms with van der Waals surface area (Å²) in [6.45, 7) is 1.38. The van der Waals surface area contributed by atoms with Gasteiger partial charge in [-0.25, -0.2) is 9.78 Å². The average molecular weight is 271 g/mol. The monoisotopic (exact) mass is 270 g/mol. The summed E-state index contributed by atoms with van der Waals surface area (Å²) in [4.78, 5) is 21.3. The van der Waals surface area contributed by atoms with Gasteiger partial charge in [0.25, 0.3) is 0 Å². The second-order valence-electron chi connectivity index (χ2n) is 4.47. The highest BCUT2D eigenvalue weighted by molar-refractivity contribution is 6.29. The van der Waals surface area contributed by atoms with Crippen LogP contribution in [-0.4, -0.2) is 62.1 Å². The Morgan fingerprint density at radius 1 is 1.28 bits per heavy atom. The SMILES string of the molecule is CN(C)CCN(C(=O)N(C)C)c1ccnc(Cl)c1. The molecule has 0 bridgehead atoms. The van der Waals surface area contributed by atoms with Gasteiger partial charge in [-0.3, -0.25) is 4.90 Å². The van der Waals surface area contributed by atoms with Crippen molar-refractivity contribution in [2.24, 2.45) is 0 Å². The van der Waals surface area contributed by atoms with Crippen LogP contribution in [0.25, 0.3) is 0 Å². The van der Waals surface area contributed by atoms with Gasteiger partial charge in [0, 0.05) is 33.4 Å². The molecule has 0 fully saturated rings. The van der Waals surface area contributed by atoms with E-state index in [1.807, 2.05) is 19.0 Å². The molecular formula is C12H19ClN4O. The summed E-state index contributed by atoms with van der Waals surface area (Å²) in [7, 11) is 7.40. The van der Waals surface area contributed by atoms with Gasteiger partial charge in [-0.05, 0) is 26.2 Å². The number of likely N-dealkylation sites (N-methyl/N-ethyl adjacent to an activating group) is 1. The number of anilines is 1. The highest BCUT2D eigenvalue weighted by atomic mass is 35.5. The molecule has 0 aliphatic carbocycles. The van der Waals surface area contributed by atoms with Crippen LogP contribution >= 0.6 is 11.6 Å². The molecule has 0 aliphatic rings. The van der Waals surface area contributed by atoms with Crippen LogP contribution in [0.4, 0.5) is 10.5 Å². The second kappa shape index (κ2) is 6.56. The summed E-state index contributed by atoms with van der Waals surface area (Å²) in [5, 5.41) is 0.383. The summed E-state index contributed by atoms with van der Waals surface area (Å²) >= 11 is 5.86. The number of hydrogen-bond donors (Lipinski definition) is 0. The number of rotatable bonds is 4. The van der Waals surface area contributed by atoms with Gasteiger partial charge in [0.05, 0.1) is 5.69 Å². The summed E-state index contributed by atoms with van der Waals surface area (Å²) < 4.78 is 0. The number of carbonyl (C=O) groups excluding carboxylic acids is 1. The maximum Gasteiger partial charge on any atom is 0.324 e. The molecule has 0 aliphatic heterocycles. The molecule has 1 aromatic rings. The van der Waals surface area contributed by atoms with Crippen molar-refractivity contribution in [3.8, 4) is 0 Å². The van der Waals surface area contributed by atoms with E-state index in [-0.39, 0.29) is 6.03 Å². The Morgan fingerprint density at radius 2 is 1.94 bits per heavy atom. The summed E-state index contributed by atoms with van der Waals surface area (Å²) in [5.74, 6) is 0. The van der Waals surface area contributed by atoms with E-state index in [9.17, 15) is 4.79 Å². The summed E-state index contributed by atoms with van der Waals surface area (Å²) in [5.41, 5.74) is 0.760. The summed E-state index contributed by atoms with van der Waals surface area (Å²) in [6, 6.07) is 3.40. The minimum Gasteiger partial charge on any atom is -0.330 e. The van der Waals surface area contributed by atoms with Crippen LogP contribution in [0, 0.1) is 0 Å². The molecule has 2 amide bonds. The lowest BCUT2D eigenvalue weighted by Crippen LogP contribution is -2.42. The molecular weight excluding hydrogens is 252 g/mol. The Morgan fingerprint density at radius 3 is 2.44 bits per heavy atom. The smallest absolute Gasteiger partial charge is 0.324 e. The van der Waals surface area contributed by atoms with Crippen LogP contribution in [0.2, 0.25) is 5.15 Å². The van der Waals surface area contributed by atoms with Crippen LogP contribution < -0.4 is 4.90 Å². The minimum atomic E-state index is -0.0703. The van der Waals surface area contributed by atoms with Gasteiger partial charge < -0.3 is 9.80 Å². The molecule has 0 saturated heterocycles. The fourth-order valence-electron chi connectivity index (χ4n) is 1.44. The lowest BCUT2D eigenvalue weighted by Gasteiger charge is -2.27. The van der Waals surface area contributed by atoms with E-state index in [2.05, 4.69) is 4.98 Å². The van der Waals surface area contributed by atoms with Crippen LogP contribution in [0.15, 0.2) is 18.3 Å². The molecule has 0 unspecified atom stereocenters.